The van der Waals surface area contributed by atoms with Crippen LogP contribution in [0.1, 0.15) is 19.3 Å². The van der Waals surface area contributed by atoms with Gasteiger partial charge in [-0.25, -0.2) is 0 Å². The minimum Gasteiger partial charge on any atom is -0.341 e. The molecule has 0 aliphatic carbocycles. The van der Waals surface area contributed by atoms with Crippen LogP contribution in [0.15, 0.2) is 0 Å². The Morgan fingerprint density at radius 3 is 2.38 bits per heavy atom. The SMILES string of the molecule is CNCCCC(=O)N1CCCN(CC(F)(F)F)CC1.Cl.Cl. The van der Waals surface area contributed by atoms with Crippen molar-refractivity contribution in [2.75, 3.05) is 46.3 Å². The highest BCUT2D eigenvalue weighted by Crippen LogP contribution is 2.17. The number of halogens is 5. The summed E-state index contributed by atoms with van der Waals surface area (Å²) in [7, 11) is 1.82. The molecule has 0 aromatic rings. The zero-order chi connectivity index (χ0) is 14.3. The maximum atomic E-state index is 12.3. The quantitative estimate of drug-likeness (QED) is 0.767. The van der Waals surface area contributed by atoms with Gasteiger partial charge in [-0.3, -0.25) is 9.69 Å². The number of hydrogen-bond donors (Lipinski definition) is 1. The predicted molar refractivity (Wildman–Crippen MR) is 81.3 cm³/mol. The molecule has 4 nitrogen and oxygen atoms in total. The maximum absolute atomic E-state index is 12.3. The molecule has 1 aliphatic rings. The molecule has 0 atom stereocenters. The Morgan fingerprint density at radius 1 is 1.14 bits per heavy atom. The average Bonchev–Trinajstić information content (AvgIpc) is 2.53. The summed E-state index contributed by atoms with van der Waals surface area (Å²) in [5, 5.41) is 2.97. The molecule has 0 aromatic carbocycles. The fraction of sp³-hybridized carbons (Fsp3) is 0.917. The first-order chi connectivity index (χ1) is 8.92. The van der Waals surface area contributed by atoms with E-state index in [2.05, 4.69) is 5.32 Å². The van der Waals surface area contributed by atoms with Crippen LogP contribution >= 0.6 is 24.8 Å². The third-order valence-corrected chi connectivity index (χ3v) is 3.16. The van der Waals surface area contributed by atoms with Crippen LogP contribution in [0.25, 0.3) is 0 Å². The van der Waals surface area contributed by atoms with Gasteiger partial charge in [-0.15, -0.1) is 24.8 Å². The van der Waals surface area contributed by atoms with E-state index in [0.29, 0.717) is 39.0 Å². The van der Waals surface area contributed by atoms with Gasteiger partial charge >= 0.3 is 6.18 Å². The Hall–Kier alpha value is -0.240. The van der Waals surface area contributed by atoms with E-state index in [9.17, 15) is 18.0 Å². The molecular weight excluding hydrogens is 330 g/mol. The lowest BCUT2D eigenvalue weighted by molar-refractivity contribution is -0.145. The van der Waals surface area contributed by atoms with Crippen LogP contribution in [0.2, 0.25) is 0 Å². The molecule has 21 heavy (non-hydrogen) atoms. The van der Waals surface area contributed by atoms with Crippen LogP contribution in [-0.2, 0) is 4.79 Å². The third-order valence-electron chi connectivity index (χ3n) is 3.16. The molecule has 1 N–H and O–H groups in total. The van der Waals surface area contributed by atoms with Crippen molar-refractivity contribution in [2.24, 2.45) is 0 Å². The van der Waals surface area contributed by atoms with Gasteiger partial charge in [-0.2, -0.15) is 13.2 Å². The fourth-order valence-corrected chi connectivity index (χ4v) is 2.21. The Bertz CT molecular complexity index is 293. The molecule has 0 bridgehead atoms. The summed E-state index contributed by atoms with van der Waals surface area (Å²) in [6.45, 7) is 1.56. The van der Waals surface area contributed by atoms with Crippen molar-refractivity contribution in [3.05, 3.63) is 0 Å². The van der Waals surface area contributed by atoms with Gasteiger partial charge in [-0.05, 0) is 26.4 Å². The van der Waals surface area contributed by atoms with Crippen molar-refractivity contribution in [1.82, 2.24) is 15.1 Å². The van der Waals surface area contributed by atoms with Crippen molar-refractivity contribution in [1.29, 1.82) is 0 Å². The van der Waals surface area contributed by atoms with Gasteiger partial charge in [0, 0.05) is 32.6 Å². The molecule has 1 rings (SSSR count). The second-order valence-corrected chi connectivity index (χ2v) is 4.83. The summed E-state index contributed by atoms with van der Waals surface area (Å²) in [4.78, 5) is 14.9. The number of hydrogen-bond acceptors (Lipinski definition) is 3. The zero-order valence-electron chi connectivity index (χ0n) is 12.1. The summed E-state index contributed by atoms with van der Waals surface area (Å²) in [5.74, 6) is 0.0455. The minimum absolute atomic E-state index is 0. The van der Waals surface area contributed by atoms with Gasteiger partial charge in [0.2, 0.25) is 5.91 Å². The van der Waals surface area contributed by atoms with Crippen LogP contribution in [0.4, 0.5) is 13.2 Å². The van der Waals surface area contributed by atoms with Gasteiger partial charge in [0.25, 0.3) is 0 Å². The van der Waals surface area contributed by atoms with Gasteiger partial charge in [0.05, 0.1) is 6.54 Å². The van der Waals surface area contributed by atoms with E-state index in [1.807, 2.05) is 7.05 Å². The van der Waals surface area contributed by atoms with E-state index in [1.165, 1.54) is 4.90 Å². The molecule has 0 unspecified atom stereocenters. The zero-order valence-corrected chi connectivity index (χ0v) is 13.8. The van der Waals surface area contributed by atoms with Gasteiger partial charge < -0.3 is 10.2 Å². The molecule has 0 spiro atoms. The Labute approximate surface area is 136 Å². The normalized spacial score (nSPS) is 16.7. The first kappa shape index (κ1) is 23.0. The molecule has 1 amide bonds. The average molecular weight is 354 g/mol. The van der Waals surface area contributed by atoms with Crippen LogP contribution in [0.3, 0.4) is 0 Å². The summed E-state index contributed by atoms with van der Waals surface area (Å²) in [6.07, 6.45) is -2.34. The van der Waals surface area contributed by atoms with Crippen molar-refractivity contribution in [3.63, 3.8) is 0 Å². The molecule has 1 heterocycles. The number of carbonyl (C=O) groups excluding carboxylic acids is 1. The van der Waals surface area contributed by atoms with Crippen LogP contribution < -0.4 is 5.32 Å². The van der Waals surface area contributed by atoms with Crippen molar-refractivity contribution in [3.8, 4) is 0 Å². The summed E-state index contributed by atoms with van der Waals surface area (Å²) < 4.78 is 36.9. The number of carbonyl (C=O) groups is 1. The number of alkyl halides is 3. The molecular formula is C12H24Cl2F3N3O. The lowest BCUT2D eigenvalue weighted by atomic mass is 10.2. The monoisotopic (exact) mass is 353 g/mol. The predicted octanol–water partition coefficient (Wildman–Crippen LogP) is 1.93. The number of nitrogens with one attached hydrogen (secondary N) is 1. The second kappa shape index (κ2) is 11.3. The van der Waals surface area contributed by atoms with E-state index >= 15 is 0 Å². The lowest BCUT2D eigenvalue weighted by Gasteiger charge is -2.22. The Morgan fingerprint density at radius 2 is 1.81 bits per heavy atom. The first-order valence-corrected chi connectivity index (χ1v) is 6.64. The van der Waals surface area contributed by atoms with Gasteiger partial charge in [0.1, 0.15) is 0 Å². The summed E-state index contributed by atoms with van der Waals surface area (Å²) in [5.41, 5.74) is 0. The first-order valence-electron chi connectivity index (χ1n) is 6.64. The summed E-state index contributed by atoms with van der Waals surface area (Å²) >= 11 is 0. The van der Waals surface area contributed by atoms with Crippen LogP contribution in [0, 0.1) is 0 Å². The largest absolute Gasteiger partial charge is 0.401 e. The highest BCUT2D eigenvalue weighted by atomic mass is 35.5. The highest BCUT2D eigenvalue weighted by Gasteiger charge is 2.31. The smallest absolute Gasteiger partial charge is 0.341 e. The Balaban J connectivity index is 0. The number of amides is 1. The van der Waals surface area contributed by atoms with E-state index in [0.717, 1.165) is 13.0 Å². The maximum Gasteiger partial charge on any atom is 0.401 e. The van der Waals surface area contributed by atoms with E-state index in [-0.39, 0.29) is 30.7 Å². The summed E-state index contributed by atoms with van der Waals surface area (Å²) in [6, 6.07) is 0. The highest BCUT2D eigenvalue weighted by molar-refractivity contribution is 5.85. The number of rotatable bonds is 5. The minimum atomic E-state index is -4.16. The Kier molecular flexibility index (Phi) is 12.4. The lowest BCUT2D eigenvalue weighted by Crippen LogP contribution is -2.38. The molecule has 128 valence electrons. The molecule has 0 saturated carbocycles. The molecule has 0 aromatic heterocycles. The van der Waals surface area contributed by atoms with Gasteiger partial charge in [-0.1, -0.05) is 0 Å². The van der Waals surface area contributed by atoms with Crippen molar-refractivity contribution in [2.45, 2.75) is 25.4 Å². The van der Waals surface area contributed by atoms with Crippen molar-refractivity contribution >= 4 is 30.7 Å². The van der Waals surface area contributed by atoms with E-state index in [1.54, 1.807) is 4.90 Å². The third kappa shape index (κ3) is 10.2. The standard InChI is InChI=1S/C12H22F3N3O.2ClH/c1-16-5-2-4-11(19)18-7-3-6-17(8-9-18)10-12(13,14)15;;/h16H,2-10H2,1H3;2*1H. The second-order valence-electron chi connectivity index (χ2n) is 4.83. The molecule has 1 fully saturated rings. The van der Waals surface area contributed by atoms with Crippen LogP contribution in [-0.4, -0.2) is 68.2 Å². The fourth-order valence-electron chi connectivity index (χ4n) is 2.21. The topological polar surface area (TPSA) is 35.6 Å². The molecule has 9 heteroatoms. The molecule has 1 aliphatic heterocycles. The van der Waals surface area contributed by atoms with Crippen molar-refractivity contribution < 1.29 is 18.0 Å². The van der Waals surface area contributed by atoms with E-state index in [4.69, 9.17) is 0 Å². The van der Waals surface area contributed by atoms with Crippen LogP contribution in [0.5, 0.6) is 0 Å². The van der Waals surface area contributed by atoms with E-state index < -0.39 is 12.7 Å². The number of nitrogens with zero attached hydrogens (tertiary/aromatic N) is 2. The molecule has 1 saturated heterocycles. The van der Waals surface area contributed by atoms with Gasteiger partial charge in [0.15, 0.2) is 0 Å². The molecule has 0 radical (unpaired) electrons.